The largest absolute Gasteiger partial charge is 0.496 e. The van der Waals surface area contributed by atoms with Crippen molar-refractivity contribution >= 4 is 44.9 Å². The van der Waals surface area contributed by atoms with Crippen LogP contribution in [0.15, 0.2) is 71.2 Å². The van der Waals surface area contributed by atoms with E-state index >= 15 is 0 Å². The lowest BCUT2D eigenvalue weighted by Gasteiger charge is -2.23. The zero-order valence-electron chi connectivity index (χ0n) is 16.6. The van der Waals surface area contributed by atoms with Crippen molar-refractivity contribution in [1.29, 1.82) is 0 Å². The van der Waals surface area contributed by atoms with Crippen molar-refractivity contribution in [1.82, 2.24) is 0 Å². The Hall–Kier alpha value is -2.67. The van der Waals surface area contributed by atoms with Crippen molar-refractivity contribution in [2.45, 2.75) is 18.6 Å². The molecule has 158 valence electrons. The molecule has 5 nitrogen and oxygen atoms in total. The molecule has 1 amide bonds. The Morgan fingerprint density at radius 1 is 1.13 bits per heavy atom. The molecule has 0 fully saturated rings. The summed E-state index contributed by atoms with van der Waals surface area (Å²) >= 11 is 9.70. The minimum atomic E-state index is -2.00. The van der Waals surface area contributed by atoms with E-state index in [1.807, 2.05) is 18.2 Å². The minimum Gasteiger partial charge on any atom is -0.496 e. The van der Waals surface area contributed by atoms with Gasteiger partial charge in [0.2, 0.25) is 0 Å². The third-order valence-corrected chi connectivity index (χ3v) is 6.27. The van der Waals surface area contributed by atoms with E-state index < -0.39 is 17.9 Å². The number of fused-ring (bicyclic) bond motifs is 1. The molecule has 31 heavy (non-hydrogen) atoms. The Morgan fingerprint density at radius 3 is 2.58 bits per heavy atom. The Labute approximate surface area is 193 Å². The molecule has 3 aromatic carbocycles. The summed E-state index contributed by atoms with van der Waals surface area (Å²) in [6.45, 7) is 0.179. The zero-order chi connectivity index (χ0) is 22.2. The van der Waals surface area contributed by atoms with E-state index in [1.54, 1.807) is 48.5 Å². The average molecular weight is 501 g/mol. The van der Waals surface area contributed by atoms with Gasteiger partial charge in [-0.1, -0.05) is 57.9 Å². The van der Waals surface area contributed by atoms with Crippen LogP contribution in [0.1, 0.15) is 27.9 Å². The molecular weight excluding hydrogens is 482 g/mol. The van der Waals surface area contributed by atoms with Crippen molar-refractivity contribution in [2.75, 3.05) is 12.0 Å². The van der Waals surface area contributed by atoms with Gasteiger partial charge in [0, 0.05) is 15.1 Å². The fourth-order valence-corrected chi connectivity index (χ4v) is 4.41. The number of methoxy groups -OCH3 is 1. The topological polar surface area (TPSA) is 66.8 Å². The Kier molecular flexibility index (Phi) is 5.88. The molecule has 7 heteroatoms. The Bertz CT molecular complexity index is 1180. The number of aliphatic hydroxyl groups is 1. The highest BCUT2D eigenvalue weighted by atomic mass is 79.9. The van der Waals surface area contributed by atoms with E-state index in [2.05, 4.69) is 15.9 Å². The second-order valence-corrected chi connectivity index (χ2v) is 8.63. The second kappa shape index (κ2) is 8.46. The maximum Gasteiger partial charge on any atom is 0.264 e. The molecular formula is C24H19BrClNO4. The number of Topliss-reactive ketones (excluding diaryl/α,β-unsaturated/α-hetero) is 1. The Morgan fingerprint density at radius 2 is 1.84 bits per heavy atom. The summed E-state index contributed by atoms with van der Waals surface area (Å²) in [5.41, 5.74) is -0.0252. The molecule has 0 radical (unpaired) electrons. The maximum atomic E-state index is 13.5. The number of ether oxygens (including phenoxy) is 1. The fourth-order valence-electron chi connectivity index (χ4n) is 3.85. The number of rotatable bonds is 6. The first-order valence-electron chi connectivity index (χ1n) is 9.59. The number of nitrogens with zero attached hydrogens (tertiary/aromatic N) is 1. The molecule has 1 unspecified atom stereocenters. The number of carbonyl (C=O) groups is 2. The van der Waals surface area contributed by atoms with Gasteiger partial charge in [0.05, 0.1) is 31.3 Å². The number of hydrogen-bond donors (Lipinski definition) is 1. The number of ketones is 1. The smallest absolute Gasteiger partial charge is 0.264 e. The van der Waals surface area contributed by atoms with Gasteiger partial charge in [-0.3, -0.25) is 9.59 Å². The third-order valence-electron chi connectivity index (χ3n) is 5.40. The molecule has 1 heterocycles. The first kappa shape index (κ1) is 21.6. The van der Waals surface area contributed by atoms with Gasteiger partial charge in [0.25, 0.3) is 5.91 Å². The van der Waals surface area contributed by atoms with E-state index in [0.717, 1.165) is 5.56 Å². The zero-order valence-corrected chi connectivity index (χ0v) is 19.0. The van der Waals surface area contributed by atoms with Crippen molar-refractivity contribution < 1.29 is 19.4 Å². The van der Waals surface area contributed by atoms with Crippen LogP contribution in [0.2, 0.25) is 5.02 Å². The van der Waals surface area contributed by atoms with Gasteiger partial charge in [-0.15, -0.1) is 0 Å². The number of para-hydroxylation sites is 1. The molecule has 1 aliphatic rings. The predicted octanol–water partition coefficient (Wildman–Crippen LogP) is 5.12. The maximum absolute atomic E-state index is 13.5. The van der Waals surface area contributed by atoms with Gasteiger partial charge < -0.3 is 14.7 Å². The monoisotopic (exact) mass is 499 g/mol. The molecule has 0 bridgehead atoms. The van der Waals surface area contributed by atoms with Crippen LogP contribution in [0, 0.1) is 0 Å². The quantitative estimate of drug-likeness (QED) is 0.477. The van der Waals surface area contributed by atoms with Crippen LogP contribution in [0.4, 0.5) is 5.69 Å². The standard InChI is InChI=1S/C24H19BrClNO4/c1-31-22-9-5-3-7-17(22)21(28)13-24(30)18-12-16(25)10-11-20(18)27(23(24)29)14-15-6-2-4-8-19(15)26/h2-12,30H,13-14H2,1H3. The van der Waals surface area contributed by atoms with Crippen LogP contribution in [0.25, 0.3) is 0 Å². The van der Waals surface area contributed by atoms with Gasteiger partial charge in [0.15, 0.2) is 11.4 Å². The van der Waals surface area contributed by atoms with E-state index in [4.69, 9.17) is 16.3 Å². The predicted molar refractivity (Wildman–Crippen MR) is 123 cm³/mol. The van der Waals surface area contributed by atoms with Crippen molar-refractivity contribution in [3.63, 3.8) is 0 Å². The SMILES string of the molecule is COc1ccccc1C(=O)CC1(O)C(=O)N(Cc2ccccc2Cl)c2ccc(Br)cc21. The number of anilines is 1. The van der Waals surface area contributed by atoms with Gasteiger partial charge in [-0.05, 0) is 42.0 Å². The van der Waals surface area contributed by atoms with Crippen LogP contribution >= 0.6 is 27.5 Å². The van der Waals surface area contributed by atoms with Crippen LogP contribution in [-0.4, -0.2) is 23.9 Å². The third kappa shape index (κ3) is 3.87. The summed E-state index contributed by atoms with van der Waals surface area (Å²) < 4.78 is 5.97. The highest BCUT2D eigenvalue weighted by molar-refractivity contribution is 9.10. The Balaban J connectivity index is 1.74. The molecule has 0 saturated carbocycles. The summed E-state index contributed by atoms with van der Waals surface area (Å²) in [6.07, 6.45) is -0.408. The van der Waals surface area contributed by atoms with E-state index in [-0.39, 0.29) is 12.3 Å². The summed E-state index contributed by atoms with van der Waals surface area (Å²) in [7, 11) is 1.47. The summed E-state index contributed by atoms with van der Waals surface area (Å²) in [5.74, 6) is -0.563. The molecule has 0 aliphatic carbocycles. The fraction of sp³-hybridized carbons (Fsp3) is 0.167. The van der Waals surface area contributed by atoms with E-state index in [0.29, 0.717) is 32.1 Å². The lowest BCUT2D eigenvalue weighted by molar-refractivity contribution is -0.136. The molecule has 4 rings (SSSR count). The summed E-state index contributed by atoms with van der Waals surface area (Å²) in [4.78, 5) is 28.0. The highest BCUT2D eigenvalue weighted by Gasteiger charge is 2.51. The van der Waals surface area contributed by atoms with Crippen LogP contribution < -0.4 is 9.64 Å². The molecule has 1 N–H and O–H groups in total. The van der Waals surface area contributed by atoms with Gasteiger partial charge >= 0.3 is 0 Å². The van der Waals surface area contributed by atoms with Crippen LogP contribution in [0.3, 0.4) is 0 Å². The van der Waals surface area contributed by atoms with Crippen molar-refractivity contribution in [2.24, 2.45) is 0 Å². The number of carbonyl (C=O) groups excluding carboxylic acids is 2. The van der Waals surface area contributed by atoms with Gasteiger partial charge in [-0.25, -0.2) is 0 Å². The normalized spacial score (nSPS) is 17.5. The molecule has 0 aromatic heterocycles. The number of benzene rings is 3. The molecule has 1 atom stereocenters. The number of halogens is 2. The van der Waals surface area contributed by atoms with Gasteiger partial charge in [-0.2, -0.15) is 0 Å². The van der Waals surface area contributed by atoms with Crippen LogP contribution in [-0.2, 0) is 16.9 Å². The first-order chi connectivity index (χ1) is 14.8. The second-order valence-electron chi connectivity index (χ2n) is 7.30. The van der Waals surface area contributed by atoms with Crippen molar-refractivity contribution in [3.8, 4) is 5.75 Å². The first-order valence-corrected chi connectivity index (χ1v) is 10.8. The summed E-state index contributed by atoms with van der Waals surface area (Å²) in [6, 6.07) is 19.2. The molecule has 1 aliphatic heterocycles. The highest BCUT2D eigenvalue weighted by Crippen LogP contribution is 2.45. The van der Waals surface area contributed by atoms with E-state index in [1.165, 1.54) is 12.0 Å². The van der Waals surface area contributed by atoms with Crippen molar-refractivity contribution in [3.05, 3.63) is 92.9 Å². The van der Waals surface area contributed by atoms with E-state index in [9.17, 15) is 14.7 Å². The number of amides is 1. The molecule has 0 spiro atoms. The minimum absolute atomic E-state index is 0.179. The average Bonchev–Trinajstić information content (AvgIpc) is 2.96. The van der Waals surface area contributed by atoms with Gasteiger partial charge in [0.1, 0.15) is 5.75 Å². The molecule has 3 aromatic rings. The summed E-state index contributed by atoms with van der Waals surface area (Å²) in [5, 5.41) is 12.1. The lowest BCUT2D eigenvalue weighted by Crippen LogP contribution is -2.41. The molecule has 0 saturated heterocycles. The lowest BCUT2D eigenvalue weighted by atomic mass is 9.88. The number of hydrogen-bond acceptors (Lipinski definition) is 4. The van der Waals surface area contributed by atoms with Crippen LogP contribution in [0.5, 0.6) is 5.75 Å².